The highest BCUT2D eigenvalue weighted by Crippen LogP contribution is 2.39. The van der Waals surface area contributed by atoms with Crippen molar-refractivity contribution in [2.75, 3.05) is 35.7 Å². The molecule has 1 saturated carbocycles. The van der Waals surface area contributed by atoms with Gasteiger partial charge in [0.05, 0.1) is 34.3 Å². The van der Waals surface area contributed by atoms with Gasteiger partial charge in [-0.3, -0.25) is 9.19 Å². The van der Waals surface area contributed by atoms with Crippen molar-refractivity contribution >= 4 is 28.1 Å². The summed E-state index contributed by atoms with van der Waals surface area (Å²) < 4.78 is 42.7. The molecule has 0 bridgehead atoms. The summed E-state index contributed by atoms with van der Waals surface area (Å²) in [6.45, 7) is -1.64. The van der Waals surface area contributed by atoms with Crippen LogP contribution in [0.25, 0.3) is 5.57 Å². The first-order valence-corrected chi connectivity index (χ1v) is 12.6. The largest absolute Gasteiger partial charge is 0.361 e. The molecule has 10 heteroatoms. The maximum Gasteiger partial charge on any atom is 0.345 e. The minimum atomic E-state index is -2.83. The van der Waals surface area contributed by atoms with Gasteiger partial charge in [0.15, 0.2) is 0 Å². The third-order valence-corrected chi connectivity index (χ3v) is 8.07. The maximum absolute atomic E-state index is 12.7. The molecule has 178 valence electrons. The van der Waals surface area contributed by atoms with Crippen molar-refractivity contribution in [1.82, 2.24) is 15.0 Å². The summed E-state index contributed by atoms with van der Waals surface area (Å²) in [5, 5.41) is 3.33. The Bertz CT molecular complexity index is 1180. The molecule has 1 aliphatic carbocycles. The zero-order valence-corrected chi connectivity index (χ0v) is 19.4. The molecule has 0 amide bonds. The number of fused-ring (bicyclic) bond motifs is 1. The lowest BCUT2D eigenvalue weighted by atomic mass is 9.77. The van der Waals surface area contributed by atoms with Gasteiger partial charge in [-0.15, -0.1) is 6.42 Å². The van der Waals surface area contributed by atoms with E-state index in [9.17, 15) is 13.0 Å². The third-order valence-electron chi connectivity index (χ3n) is 6.61. The molecule has 0 unspecified atom stereocenters. The Hall–Kier alpha value is -2.90. The van der Waals surface area contributed by atoms with Crippen molar-refractivity contribution in [3.63, 3.8) is 0 Å². The lowest BCUT2D eigenvalue weighted by molar-refractivity contribution is -0.145. The van der Waals surface area contributed by atoms with E-state index < -0.39 is 22.9 Å². The summed E-state index contributed by atoms with van der Waals surface area (Å²) in [4.78, 5) is 16.6. The number of pyridine rings is 1. The second-order valence-corrected chi connectivity index (χ2v) is 10.3. The molecule has 2 aromatic heterocycles. The number of alkyl halides is 2. The number of rotatable bonds is 7. The van der Waals surface area contributed by atoms with Crippen LogP contribution in [-0.2, 0) is 22.0 Å². The van der Waals surface area contributed by atoms with Crippen molar-refractivity contribution in [3.05, 3.63) is 41.4 Å². The summed E-state index contributed by atoms with van der Waals surface area (Å²) in [5.74, 6) is 4.10. The van der Waals surface area contributed by atoms with Crippen molar-refractivity contribution in [3.8, 4) is 12.3 Å². The van der Waals surface area contributed by atoms with Gasteiger partial charge < -0.3 is 15.0 Å². The van der Waals surface area contributed by atoms with Gasteiger partial charge in [0.2, 0.25) is 5.95 Å². The van der Waals surface area contributed by atoms with Crippen LogP contribution in [0.5, 0.6) is 0 Å². The number of ether oxygens (including phenoxy) is 1. The molecule has 3 aliphatic rings. The minimum absolute atomic E-state index is 0.118. The number of terminal acetylenes is 1. The normalized spacial score (nSPS) is 20.9. The van der Waals surface area contributed by atoms with E-state index in [4.69, 9.17) is 16.4 Å². The monoisotopic (exact) mass is 485 g/mol. The average molecular weight is 486 g/mol. The molecule has 0 radical (unpaired) electrons. The highest BCUT2D eigenvalue weighted by Gasteiger charge is 2.40. The average Bonchev–Trinajstić information content (AvgIpc) is 3.21. The van der Waals surface area contributed by atoms with Gasteiger partial charge in [-0.05, 0) is 43.4 Å². The molecule has 0 spiro atoms. The van der Waals surface area contributed by atoms with Crippen LogP contribution in [0.4, 0.5) is 20.5 Å². The molecule has 0 aromatic carbocycles. The van der Waals surface area contributed by atoms with Crippen LogP contribution in [0.15, 0.2) is 29.3 Å². The third kappa shape index (κ3) is 4.55. The molecule has 1 atom stereocenters. The van der Waals surface area contributed by atoms with E-state index in [1.165, 1.54) is 0 Å². The molecule has 0 saturated heterocycles. The van der Waals surface area contributed by atoms with E-state index in [-0.39, 0.29) is 6.61 Å². The summed E-state index contributed by atoms with van der Waals surface area (Å²) in [6.07, 6.45) is 12.9. The van der Waals surface area contributed by atoms with Gasteiger partial charge >= 0.3 is 6.61 Å². The van der Waals surface area contributed by atoms with Gasteiger partial charge in [0, 0.05) is 37.0 Å². The van der Waals surface area contributed by atoms with Gasteiger partial charge in [-0.2, -0.15) is 13.8 Å². The van der Waals surface area contributed by atoms with E-state index in [0.717, 1.165) is 35.4 Å². The van der Waals surface area contributed by atoms with Crippen LogP contribution in [0.2, 0.25) is 0 Å². The summed E-state index contributed by atoms with van der Waals surface area (Å²) in [7, 11) is -1.21. The summed E-state index contributed by atoms with van der Waals surface area (Å²) in [6, 6.07) is 3.81. The quantitative estimate of drug-likeness (QED) is 0.603. The van der Waals surface area contributed by atoms with E-state index in [1.54, 1.807) is 6.20 Å². The fraction of sp³-hybridized carbons (Fsp3) is 0.458. The number of halogens is 2. The lowest BCUT2D eigenvalue weighted by Gasteiger charge is -2.43. The van der Waals surface area contributed by atoms with Crippen LogP contribution in [0.1, 0.15) is 42.6 Å². The van der Waals surface area contributed by atoms with Gasteiger partial charge in [0.1, 0.15) is 10.7 Å². The molecular formula is C24H25F2N5O2S. The Kier molecular flexibility index (Phi) is 6.32. The minimum Gasteiger partial charge on any atom is -0.361 e. The molecule has 5 rings (SSSR count). The number of aryl methyl sites for hydroxylation is 1. The Morgan fingerprint density at radius 3 is 2.76 bits per heavy atom. The van der Waals surface area contributed by atoms with Crippen LogP contribution < -0.4 is 10.2 Å². The SMILES string of the molecule is C#Cc1ccc(C2=CCN(c3nc4c(c(NC5(COC(F)F)CCC5)n3)[S@](=O)CC4)CC2)nc1. The molecular weight excluding hydrogens is 460 g/mol. The van der Waals surface area contributed by atoms with Crippen molar-refractivity contribution in [2.24, 2.45) is 0 Å². The molecule has 1 fully saturated rings. The number of aromatic nitrogens is 3. The predicted octanol–water partition coefficient (Wildman–Crippen LogP) is 3.38. The number of anilines is 2. The first kappa shape index (κ1) is 22.9. The zero-order valence-electron chi connectivity index (χ0n) is 18.6. The van der Waals surface area contributed by atoms with Gasteiger partial charge in [-0.25, -0.2) is 4.98 Å². The van der Waals surface area contributed by atoms with Crippen LogP contribution in [-0.4, -0.2) is 56.8 Å². The Balaban J connectivity index is 1.38. The van der Waals surface area contributed by atoms with Crippen molar-refractivity contribution in [2.45, 2.75) is 49.2 Å². The lowest BCUT2D eigenvalue weighted by Crippen LogP contribution is -2.50. The Morgan fingerprint density at radius 1 is 1.29 bits per heavy atom. The van der Waals surface area contributed by atoms with Crippen molar-refractivity contribution < 1.29 is 17.7 Å². The number of hydrogen-bond donors (Lipinski definition) is 1. The predicted molar refractivity (Wildman–Crippen MR) is 126 cm³/mol. The maximum atomic E-state index is 12.7. The summed E-state index contributed by atoms with van der Waals surface area (Å²) in [5.41, 5.74) is 2.92. The van der Waals surface area contributed by atoms with E-state index >= 15 is 0 Å². The number of nitrogens with one attached hydrogen (secondary N) is 1. The molecule has 2 aromatic rings. The standard InChI is InChI=1S/C24H25F2N5O2S/c1-2-16-4-5-18(27-14-16)17-6-11-31(12-7-17)23-28-19-8-13-34(32)20(19)21(29-23)30-24(9-3-10-24)15-33-22(25)26/h1,4-6,14,22H,3,7-13,15H2,(H,28,29,30)/t34-/m1/s1. The first-order chi connectivity index (χ1) is 16.5. The van der Waals surface area contributed by atoms with Crippen LogP contribution in [0.3, 0.4) is 0 Å². The zero-order chi connectivity index (χ0) is 23.7. The van der Waals surface area contributed by atoms with E-state index in [2.05, 4.69) is 31.9 Å². The molecule has 2 aliphatic heterocycles. The first-order valence-electron chi connectivity index (χ1n) is 11.3. The van der Waals surface area contributed by atoms with E-state index in [0.29, 0.717) is 54.8 Å². The smallest absolute Gasteiger partial charge is 0.345 e. The molecule has 4 heterocycles. The van der Waals surface area contributed by atoms with Gasteiger partial charge in [0.25, 0.3) is 0 Å². The fourth-order valence-electron chi connectivity index (χ4n) is 4.55. The second-order valence-electron chi connectivity index (χ2n) is 8.78. The second kappa shape index (κ2) is 9.39. The highest BCUT2D eigenvalue weighted by atomic mass is 32.2. The Labute approximate surface area is 199 Å². The molecule has 1 N–H and O–H groups in total. The topological polar surface area (TPSA) is 80.2 Å². The Morgan fingerprint density at radius 2 is 2.15 bits per heavy atom. The van der Waals surface area contributed by atoms with Crippen LogP contribution in [0, 0.1) is 12.3 Å². The number of hydrogen-bond acceptors (Lipinski definition) is 7. The van der Waals surface area contributed by atoms with Gasteiger partial charge in [-0.1, -0.05) is 12.0 Å². The fourth-order valence-corrected chi connectivity index (χ4v) is 5.85. The van der Waals surface area contributed by atoms with Crippen LogP contribution >= 0.6 is 0 Å². The molecule has 7 nitrogen and oxygen atoms in total. The van der Waals surface area contributed by atoms with E-state index in [1.807, 2.05) is 12.1 Å². The summed E-state index contributed by atoms with van der Waals surface area (Å²) >= 11 is 0. The van der Waals surface area contributed by atoms with Crippen molar-refractivity contribution in [1.29, 1.82) is 0 Å². The molecule has 34 heavy (non-hydrogen) atoms. The highest BCUT2D eigenvalue weighted by molar-refractivity contribution is 7.85. The number of nitrogens with zero attached hydrogens (tertiary/aromatic N) is 4.